The van der Waals surface area contributed by atoms with Crippen LogP contribution in [0.2, 0.25) is 0 Å². The van der Waals surface area contributed by atoms with E-state index in [0.29, 0.717) is 0 Å². The molecule has 0 atom stereocenters. The van der Waals surface area contributed by atoms with E-state index in [1.54, 1.807) is 7.11 Å². The molecule has 0 aromatic heterocycles. The first kappa shape index (κ1) is 11.8. The SMILES string of the molecule is COc1ccc(C=NN2CCc3ccccc32)cc1. The van der Waals surface area contributed by atoms with Crippen LogP contribution in [0.1, 0.15) is 11.1 Å². The summed E-state index contributed by atoms with van der Waals surface area (Å²) in [5.74, 6) is 0.865. The highest BCUT2D eigenvalue weighted by Crippen LogP contribution is 2.27. The van der Waals surface area contributed by atoms with Crippen LogP contribution in [0.15, 0.2) is 53.6 Å². The Hall–Kier alpha value is -2.29. The molecule has 0 aliphatic carbocycles. The lowest BCUT2D eigenvalue weighted by Crippen LogP contribution is -2.12. The van der Waals surface area contributed by atoms with Crippen molar-refractivity contribution in [1.82, 2.24) is 0 Å². The van der Waals surface area contributed by atoms with E-state index in [-0.39, 0.29) is 0 Å². The standard InChI is InChI=1S/C16H16N2O/c1-19-15-8-6-13(7-9-15)12-17-18-11-10-14-4-2-3-5-16(14)18/h2-9,12H,10-11H2,1H3. The lowest BCUT2D eigenvalue weighted by molar-refractivity contribution is 0.415. The Labute approximate surface area is 113 Å². The van der Waals surface area contributed by atoms with Crippen molar-refractivity contribution < 1.29 is 4.74 Å². The third kappa shape index (κ3) is 2.45. The average molecular weight is 252 g/mol. The number of para-hydroxylation sites is 1. The highest BCUT2D eigenvalue weighted by atomic mass is 16.5. The number of fused-ring (bicyclic) bond motifs is 1. The number of hydrogen-bond acceptors (Lipinski definition) is 3. The van der Waals surface area contributed by atoms with E-state index in [1.807, 2.05) is 30.5 Å². The topological polar surface area (TPSA) is 24.8 Å². The van der Waals surface area contributed by atoms with Gasteiger partial charge in [0, 0.05) is 6.54 Å². The number of nitrogens with zero attached hydrogens (tertiary/aromatic N) is 2. The molecule has 3 rings (SSSR count). The summed E-state index contributed by atoms with van der Waals surface area (Å²) in [6.45, 7) is 0.950. The molecule has 1 aliphatic rings. The van der Waals surface area contributed by atoms with E-state index in [2.05, 4.69) is 34.4 Å². The number of anilines is 1. The zero-order chi connectivity index (χ0) is 13.1. The first-order chi connectivity index (χ1) is 9.36. The number of methoxy groups -OCH3 is 1. The van der Waals surface area contributed by atoms with Gasteiger partial charge in [-0.15, -0.1) is 0 Å². The molecule has 3 nitrogen and oxygen atoms in total. The second-order valence-corrected chi connectivity index (χ2v) is 4.52. The molecule has 3 heteroatoms. The molecule has 2 aromatic carbocycles. The lowest BCUT2D eigenvalue weighted by Gasteiger charge is -2.11. The van der Waals surface area contributed by atoms with Crippen LogP contribution < -0.4 is 9.75 Å². The maximum Gasteiger partial charge on any atom is 0.118 e. The van der Waals surface area contributed by atoms with Crippen molar-refractivity contribution >= 4 is 11.9 Å². The summed E-state index contributed by atoms with van der Waals surface area (Å²) in [6, 6.07) is 16.3. The van der Waals surface area contributed by atoms with Gasteiger partial charge in [0.05, 0.1) is 19.0 Å². The summed E-state index contributed by atoms with van der Waals surface area (Å²) >= 11 is 0. The van der Waals surface area contributed by atoms with E-state index in [4.69, 9.17) is 4.74 Å². The van der Waals surface area contributed by atoms with Gasteiger partial charge in [-0.3, -0.25) is 5.01 Å². The number of hydrazone groups is 1. The first-order valence-electron chi connectivity index (χ1n) is 6.40. The number of hydrogen-bond donors (Lipinski definition) is 0. The molecule has 0 radical (unpaired) electrons. The van der Waals surface area contributed by atoms with Gasteiger partial charge in [-0.1, -0.05) is 18.2 Å². The molecule has 0 saturated heterocycles. The van der Waals surface area contributed by atoms with Crippen LogP contribution in [0, 0.1) is 0 Å². The zero-order valence-corrected chi connectivity index (χ0v) is 10.9. The van der Waals surface area contributed by atoms with Gasteiger partial charge in [-0.2, -0.15) is 5.10 Å². The molecule has 1 heterocycles. The summed E-state index contributed by atoms with van der Waals surface area (Å²) < 4.78 is 5.14. The van der Waals surface area contributed by atoms with E-state index in [1.165, 1.54) is 11.3 Å². The predicted molar refractivity (Wildman–Crippen MR) is 78.1 cm³/mol. The molecule has 2 aromatic rings. The minimum atomic E-state index is 0.865. The van der Waals surface area contributed by atoms with Gasteiger partial charge in [-0.25, -0.2) is 0 Å². The minimum Gasteiger partial charge on any atom is -0.497 e. The molecule has 0 amide bonds. The van der Waals surface area contributed by atoms with Gasteiger partial charge in [0.15, 0.2) is 0 Å². The highest BCUT2D eigenvalue weighted by molar-refractivity contribution is 5.81. The number of ether oxygens (including phenoxy) is 1. The van der Waals surface area contributed by atoms with Crippen molar-refractivity contribution in [2.75, 3.05) is 18.7 Å². The van der Waals surface area contributed by atoms with E-state index in [0.717, 1.165) is 24.3 Å². The normalized spacial score (nSPS) is 13.8. The molecule has 0 N–H and O–H groups in total. The van der Waals surface area contributed by atoms with Crippen LogP contribution in [0.5, 0.6) is 5.75 Å². The van der Waals surface area contributed by atoms with Crippen molar-refractivity contribution in [1.29, 1.82) is 0 Å². The van der Waals surface area contributed by atoms with Crippen LogP contribution in [0.4, 0.5) is 5.69 Å². The largest absolute Gasteiger partial charge is 0.497 e. The van der Waals surface area contributed by atoms with Crippen molar-refractivity contribution in [2.45, 2.75) is 6.42 Å². The monoisotopic (exact) mass is 252 g/mol. The Morgan fingerprint density at radius 2 is 1.89 bits per heavy atom. The second kappa shape index (κ2) is 5.14. The fraction of sp³-hybridized carbons (Fsp3) is 0.188. The Morgan fingerprint density at radius 3 is 2.68 bits per heavy atom. The van der Waals surface area contributed by atoms with Crippen molar-refractivity contribution in [3.63, 3.8) is 0 Å². The molecule has 1 aliphatic heterocycles. The zero-order valence-electron chi connectivity index (χ0n) is 10.9. The average Bonchev–Trinajstić information content (AvgIpc) is 2.89. The molecule has 96 valence electrons. The molecule has 0 saturated carbocycles. The Morgan fingerprint density at radius 1 is 1.11 bits per heavy atom. The third-order valence-electron chi connectivity index (χ3n) is 3.32. The van der Waals surface area contributed by atoms with Crippen molar-refractivity contribution in [2.24, 2.45) is 5.10 Å². The third-order valence-corrected chi connectivity index (χ3v) is 3.32. The molecule has 0 fully saturated rings. The van der Waals surface area contributed by atoms with Gasteiger partial charge in [0.1, 0.15) is 5.75 Å². The van der Waals surface area contributed by atoms with E-state index >= 15 is 0 Å². The smallest absolute Gasteiger partial charge is 0.118 e. The number of rotatable bonds is 3. The van der Waals surface area contributed by atoms with Crippen molar-refractivity contribution in [3.05, 3.63) is 59.7 Å². The van der Waals surface area contributed by atoms with Crippen LogP contribution in [-0.4, -0.2) is 19.9 Å². The van der Waals surface area contributed by atoms with Gasteiger partial charge < -0.3 is 4.74 Å². The number of benzene rings is 2. The molecule has 0 spiro atoms. The Balaban J connectivity index is 1.76. The summed E-state index contributed by atoms with van der Waals surface area (Å²) in [7, 11) is 1.67. The highest BCUT2D eigenvalue weighted by Gasteiger charge is 2.16. The summed E-state index contributed by atoms with van der Waals surface area (Å²) in [5, 5.41) is 6.61. The fourth-order valence-corrected chi connectivity index (χ4v) is 2.27. The molecule has 0 bridgehead atoms. The summed E-state index contributed by atoms with van der Waals surface area (Å²) in [6.07, 6.45) is 2.96. The van der Waals surface area contributed by atoms with Gasteiger partial charge >= 0.3 is 0 Å². The van der Waals surface area contributed by atoms with Gasteiger partial charge in [0.2, 0.25) is 0 Å². The van der Waals surface area contributed by atoms with Crippen LogP contribution in [0.3, 0.4) is 0 Å². The second-order valence-electron chi connectivity index (χ2n) is 4.52. The van der Waals surface area contributed by atoms with Crippen LogP contribution >= 0.6 is 0 Å². The Kier molecular flexibility index (Phi) is 3.19. The minimum absolute atomic E-state index is 0.865. The summed E-state index contributed by atoms with van der Waals surface area (Å²) in [5.41, 5.74) is 3.66. The van der Waals surface area contributed by atoms with Gasteiger partial charge in [0.25, 0.3) is 0 Å². The maximum absolute atomic E-state index is 5.14. The quantitative estimate of drug-likeness (QED) is 0.784. The first-order valence-corrected chi connectivity index (χ1v) is 6.40. The summed E-state index contributed by atoms with van der Waals surface area (Å²) in [4.78, 5) is 0. The Bertz CT molecular complexity index is 590. The fourth-order valence-electron chi connectivity index (χ4n) is 2.27. The maximum atomic E-state index is 5.14. The van der Waals surface area contributed by atoms with E-state index < -0.39 is 0 Å². The van der Waals surface area contributed by atoms with Crippen molar-refractivity contribution in [3.8, 4) is 5.75 Å². The van der Waals surface area contributed by atoms with E-state index in [9.17, 15) is 0 Å². The van der Waals surface area contributed by atoms with Gasteiger partial charge in [-0.05, 0) is 47.9 Å². The predicted octanol–water partition coefficient (Wildman–Crippen LogP) is 3.09. The van der Waals surface area contributed by atoms with Crippen LogP contribution in [-0.2, 0) is 6.42 Å². The van der Waals surface area contributed by atoms with Crippen LogP contribution in [0.25, 0.3) is 0 Å². The molecule has 0 unspecified atom stereocenters. The molecular weight excluding hydrogens is 236 g/mol. The molecular formula is C16H16N2O. The molecule has 19 heavy (non-hydrogen) atoms. The lowest BCUT2D eigenvalue weighted by atomic mass is 10.2.